The number of benzene rings is 1. The van der Waals surface area contributed by atoms with Crippen molar-refractivity contribution in [3.05, 3.63) is 30.0 Å². The fraction of sp³-hybridized carbons (Fsp3) is 0.412. The number of nitrogen functional groups attached to an aromatic ring is 1. The van der Waals surface area contributed by atoms with Gasteiger partial charge >= 0.3 is 0 Å². The minimum Gasteiger partial charge on any atom is -0.390 e. The Bertz CT molecular complexity index is 847. The van der Waals surface area contributed by atoms with E-state index in [9.17, 15) is 5.11 Å². The van der Waals surface area contributed by atoms with Crippen LogP contribution in [0.15, 0.2) is 24.3 Å². The first-order chi connectivity index (χ1) is 10.9. The number of nitrogens with two attached hydrogens (primary N) is 1. The first kappa shape index (κ1) is 15.6. The lowest BCUT2D eigenvalue weighted by Gasteiger charge is -2.18. The number of nitrogens with one attached hydrogen (secondary N) is 1. The van der Waals surface area contributed by atoms with Crippen LogP contribution in [0.4, 0.5) is 11.6 Å². The summed E-state index contributed by atoms with van der Waals surface area (Å²) >= 11 is 0. The van der Waals surface area contributed by atoms with Gasteiger partial charge in [-0.25, -0.2) is 9.97 Å². The lowest BCUT2D eigenvalue weighted by molar-refractivity contribution is 0.0800. The van der Waals surface area contributed by atoms with Gasteiger partial charge in [0.2, 0.25) is 0 Å². The summed E-state index contributed by atoms with van der Waals surface area (Å²) in [5, 5.41) is 13.7. The zero-order chi connectivity index (χ0) is 16.6. The summed E-state index contributed by atoms with van der Waals surface area (Å²) < 4.78 is 2.01. The van der Waals surface area contributed by atoms with E-state index >= 15 is 0 Å². The highest BCUT2D eigenvalue weighted by Crippen LogP contribution is 2.28. The van der Waals surface area contributed by atoms with E-state index in [-0.39, 0.29) is 0 Å². The van der Waals surface area contributed by atoms with Crippen LogP contribution in [0.2, 0.25) is 0 Å². The number of hydrogen-bond acceptors (Lipinski definition) is 5. The Morgan fingerprint density at radius 2 is 2.00 bits per heavy atom. The van der Waals surface area contributed by atoms with Gasteiger partial charge in [-0.2, -0.15) is 0 Å². The fourth-order valence-electron chi connectivity index (χ4n) is 2.77. The van der Waals surface area contributed by atoms with Gasteiger partial charge in [-0.05, 0) is 32.4 Å². The van der Waals surface area contributed by atoms with Crippen LogP contribution >= 0.6 is 0 Å². The van der Waals surface area contributed by atoms with Crippen molar-refractivity contribution in [1.82, 2.24) is 14.4 Å². The molecule has 0 radical (unpaired) electrons. The van der Waals surface area contributed by atoms with Crippen LogP contribution in [0.25, 0.3) is 16.7 Å². The second-order valence-corrected chi connectivity index (χ2v) is 6.47. The van der Waals surface area contributed by atoms with Gasteiger partial charge in [0, 0.05) is 13.0 Å². The average molecular weight is 313 g/mol. The maximum Gasteiger partial charge on any atom is 0.182 e. The molecule has 6 heteroatoms. The van der Waals surface area contributed by atoms with E-state index in [1.807, 2.05) is 28.7 Å². The Balaban J connectivity index is 2.32. The standard InChI is InChI=1S/C17H23N5O/c1-4-9-19-15-13(10-17(2,3)23)22-12-8-6-5-7-11(12)20-14(18)16(22)21-15/h5-8,19,23H,4,9-10H2,1-3H3,(H2,18,20). The van der Waals surface area contributed by atoms with Crippen LogP contribution in [0.5, 0.6) is 0 Å². The molecule has 2 aromatic heterocycles. The van der Waals surface area contributed by atoms with Crippen molar-refractivity contribution in [3.63, 3.8) is 0 Å². The number of aliphatic hydroxyl groups is 1. The van der Waals surface area contributed by atoms with E-state index in [4.69, 9.17) is 5.73 Å². The van der Waals surface area contributed by atoms with E-state index in [2.05, 4.69) is 22.2 Å². The van der Waals surface area contributed by atoms with Crippen molar-refractivity contribution in [2.24, 2.45) is 0 Å². The van der Waals surface area contributed by atoms with Crippen LogP contribution in [0, 0.1) is 0 Å². The third kappa shape index (κ3) is 2.94. The van der Waals surface area contributed by atoms with Gasteiger partial charge in [-0.1, -0.05) is 19.1 Å². The molecule has 0 spiro atoms. The molecule has 0 aliphatic rings. The summed E-state index contributed by atoms with van der Waals surface area (Å²) in [6.07, 6.45) is 1.46. The number of hydrogen-bond donors (Lipinski definition) is 3. The molecular weight excluding hydrogens is 290 g/mol. The zero-order valence-electron chi connectivity index (χ0n) is 13.8. The van der Waals surface area contributed by atoms with E-state index in [0.29, 0.717) is 17.9 Å². The molecule has 6 nitrogen and oxygen atoms in total. The average Bonchev–Trinajstić information content (AvgIpc) is 2.83. The van der Waals surface area contributed by atoms with Crippen LogP contribution in [0.1, 0.15) is 32.9 Å². The number of aromatic nitrogens is 3. The van der Waals surface area contributed by atoms with E-state index in [1.54, 1.807) is 13.8 Å². The molecule has 0 bridgehead atoms. The van der Waals surface area contributed by atoms with Crippen molar-refractivity contribution in [1.29, 1.82) is 0 Å². The number of rotatable bonds is 5. The topological polar surface area (TPSA) is 88.5 Å². The van der Waals surface area contributed by atoms with Crippen molar-refractivity contribution in [3.8, 4) is 0 Å². The second-order valence-electron chi connectivity index (χ2n) is 6.47. The molecule has 0 amide bonds. The third-order valence-corrected chi connectivity index (χ3v) is 3.71. The highest BCUT2D eigenvalue weighted by molar-refractivity contribution is 5.84. The first-order valence-electron chi connectivity index (χ1n) is 7.92. The van der Waals surface area contributed by atoms with Gasteiger partial charge in [-0.3, -0.25) is 4.40 Å². The summed E-state index contributed by atoms with van der Waals surface area (Å²) in [6.45, 7) is 6.50. The fourth-order valence-corrected chi connectivity index (χ4v) is 2.77. The molecule has 0 saturated carbocycles. The molecule has 3 aromatic rings. The van der Waals surface area contributed by atoms with Gasteiger partial charge < -0.3 is 16.2 Å². The minimum absolute atomic E-state index is 0.394. The molecule has 23 heavy (non-hydrogen) atoms. The van der Waals surface area contributed by atoms with Crippen LogP contribution in [0.3, 0.4) is 0 Å². The highest BCUT2D eigenvalue weighted by Gasteiger charge is 2.23. The summed E-state index contributed by atoms with van der Waals surface area (Å²) in [4.78, 5) is 9.08. The van der Waals surface area contributed by atoms with Crippen LogP contribution in [-0.2, 0) is 6.42 Å². The summed E-state index contributed by atoms with van der Waals surface area (Å²) in [5.74, 6) is 1.16. The summed E-state index contributed by atoms with van der Waals surface area (Å²) in [6, 6.07) is 7.82. The molecule has 1 aromatic carbocycles. The highest BCUT2D eigenvalue weighted by atomic mass is 16.3. The van der Waals surface area contributed by atoms with E-state index < -0.39 is 5.60 Å². The predicted molar refractivity (Wildman–Crippen MR) is 93.7 cm³/mol. The van der Waals surface area contributed by atoms with Crippen LogP contribution in [-0.4, -0.2) is 31.6 Å². The molecule has 4 N–H and O–H groups in total. The first-order valence-corrected chi connectivity index (χ1v) is 7.92. The van der Waals surface area contributed by atoms with E-state index in [0.717, 1.165) is 35.5 Å². The van der Waals surface area contributed by atoms with Gasteiger partial charge in [0.05, 0.1) is 22.3 Å². The second kappa shape index (κ2) is 5.70. The van der Waals surface area contributed by atoms with Crippen molar-refractivity contribution in [2.75, 3.05) is 17.6 Å². The lowest BCUT2D eigenvalue weighted by atomic mass is 10.0. The lowest BCUT2D eigenvalue weighted by Crippen LogP contribution is -2.23. The number of nitrogens with zero attached hydrogens (tertiary/aromatic N) is 3. The molecule has 0 atom stereocenters. The summed E-state index contributed by atoms with van der Waals surface area (Å²) in [5.41, 5.74) is 8.56. The molecule has 122 valence electrons. The number of imidazole rings is 1. The molecule has 2 heterocycles. The molecule has 0 aliphatic heterocycles. The molecule has 3 rings (SSSR count). The SMILES string of the molecule is CCCNc1nc2c(N)nc3ccccc3n2c1CC(C)(C)O. The maximum atomic E-state index is 10.3. The van der Waals surface area contributed by atoms with Crippen molar-refractivity contribution >= 4 is 28.3 Å². The molecule has 0 fully saturated rings. The number of anilines is 2. The van der Waals surface area contributed by atoms with Gasteiger partial charge in [0.1, 0.15) is 5.82 Å². The Hall–Kier alpha value is -2.34. The smallest absolute Gasteiger partial charge is 0.182 e. The molecule has 0 unspecified atom stereocenters. The molecule has 0 aliphatic carbocycles. The Morgan fingerprint density at radius 3 is 2.70 bits per heavy atom. The number of fused-ring (bicyclic) bond motifs is 3. The Labute approximate surface area is 135 Å². The summed E-state index contributed by atoms with van der Waals surface area (Å²) in [7, 11) is 0. The maximum absolute atomic E-state index is 10.3. The van der Waals surface area contributed by atoms with Gasteiger partial charge in [0.15, 0.2) is 11.5 Å². The third-order valence-electron chi connectivity index (χ3n) is 3.71. The molecular formula is C17H23N5O. The number of para-hydroxylation sites is 2. The van der Waals surface area contributed by atoms with Crippen LogP contribution < -0.4 is 11.1 Å². The van der Waals surface area contributed by atoms with Crippen molar-refractivity contribution < 1.29 is 5.11 Å². The zero-order valence-corrected chi connectivity index (χ0v) is 13.8. The quantitative estimate of drug-likeness (QED) is 0.674. The monoisotopic (exact) mass is 313 g/mol. The Kier molecular flexibility index (Phi) is 3.85. The minimum atomic E-state index is -0.849. The predicted octanol–water partition coefficient (Wildman–Crippen LogP) is 2.60. The van der Waals surface area contributed by atoms with Gasteiger partial charge in [-0.15, -0.1) is 0 Å². The largest absolute Gasteiger partial charge is 0.390 e. The van der Waals surface area contributed by atoms with Gasteiger partial charge in [0.25, 0.3) is 0 Å². The molecule has 0 saturated heterocycles. The Morgan fingerprint density at radius 1 is 1.26 bits per heavy atom. The normalized spacial score (nSPS) is 12.2. The van der Waals surface area contributed by atoms with E-state index in [1.165, 1.54) is 0 Å². The van der Waals surface area contributed by atoms with Crippen molar-refractivity contribution in [2.45, 2.75) is 39.2 Å².